The molecule has 1 aliphatic rings. The Morgan fingerprint density at radius 2 is 1.50 bits per heavy atom. The molecule has 0 bridgehead atoms. The third-order valence-corrected chi connectivity index (χ3v) is 6.51. The highest BCUT2D eigenvalue weighted by atomic mass is 14.9. The first-order chi connectivity index (χ1) is 14.9. The standard InChI is InChI=1S/C28H24N2/c1-2-10-22(11-3-1)29-25-16-17-26-28(23-12-6-7-13-24(23)30-26)27(25)21-15-14-19-8-4-5-9-20(19)18-21/h1-15,18,25,27,29-30H,16-17H2. The van der Waals surface area contributed by atoms with Gasteiger partial charge in [0, 0.05) is 34.2 Å². The van der Waals surface area contributed by atoms with Crippen molar-refractivity contribution >= 4 is 27.4 Å². The van der Waals surface area contributed by atoms with Gasteiger partial charge in [-0.15, -0.1) is 0 Å². The summed E-state index contributed by atoms with van der Waals surface area (Å²) < 4.78 is 0. The highest BCUT2D eigenvalue weighted by molar-refractivity contribution is 5.87. The number of hydrogen-bond donors (Lipinski definition) is 2. The lowest BCUT2D eigenvalue weighted by molar-refractivity contribution is 0.548. The van der Waals surface area contributed by atoms with Gasteiger partial charge in [0.05, 0.1) is 0 Å². The molecule has 30 heavy (non-hydrogen) atoms. The van der Waals surface area contributed by atoms with Crippen LogP contribution in [0.3, 0.4) is 0 Å². The molecule has 1 aliphatic carbocycles. The van der Waals surface area contributed by atoms with Gasteiger partial charge in [-0.2, -0.15) is 0 Å². The minimum absolute atomic E-state index is 0.301. The summed E-state index contributed by atoms with van der Waals surface area (Å²) in [7, 11) is 0. The number of nitrogens with one attached hydrogen (secondary N) is 2. The molecule has 0 aliphatic heterocycles. The summed E-state index contributed by atoms with van der Waals surface area (Å²) >= 11 is 0. The fourth-order valence-corrected chi connectivity index (χ4v) is 5.14. The van der Waals surface area contributed by atoms with Gasteiger partial charge in [0.15, 0.2) is 0 Å². The van der Waals surface area contributed by atoms with Gasteiger partial charge in [-0.25, -0.2) is 0 Å². The van der Waals surface area contributed by atoms with Gasteiger partial charge >= 0.3 is 0 Å². The minimum atomic E-state index is 0.301. The zero-order valence-electron chi connectivity index (χ0n) is 16.8. The van der Waals surface area contributed by atoms with E-state index in [0.717, 1.165) is 12.8 Å². The molecule has 146 valence electrons. The van der Waals surface area contributed by atoms with Crippen LogP contribution in [-0.2, 0) is 6.42 Å². The van der Waals surface area contributed by atoms with Crippen molar-refractivity contribution in [1.29, 1.82) is 0 Å². The molecule has 2 heteroatoms. The highest BCUT2D eigenvalue weighted by Crippen LogP contribution is 2.42. The topological polar surface area (TPSA) is 27.8 Å². The molecule has 5 aromatic rings. The number of anilines is 1. The third-order valence-electron chi connectivity index (χ3n) is 6.51. The van der Waals surface area contributed by atoms with Crippen molar-refractivity contribution in [2.75, 3.05) is 5.32 Å². The fraction of sp³-hybridized carbons (Fsp3) is 0.143. The van der Waals surface area contributed by atoms with E-state index in [1.54, 1.807) is 0 Å². The second kappa shape index (κ2) is 7.07. The fourth-order valence-electron chi connectivity index (χ4n) is 5.14. The van der Waals surface area contributed by atoms with E-state index in [1.165, 1.54) is 44.2 Å². The molecule has 0 saturated carbocycles. The summed E-state index contributed by atoms with van der Waals surface area (Å²) in [6.45, 7) is 0. The number of aromatic nitrogens is 1. The van der Waals surface area contributed by atoms with E-state index in [2.05, 4.69) is 107 Å². The average molecular weight is 389 g/mol. The van der Waals surface area contributed by atoms with Gasteiger partial charge < -0.3 is 10.3 Å². The zero-order chi connectivity index (χ0) is 19.9. The normalized spacial score (nSPS) is 18.4. The molecule has 2 N–H and O–H groups in total. The number of aromatic amines is 1. The van der Waals surface area contributed by atoms with Crippen LogP contribution >= 0.6 is 0 Å². The molecule has 0 spiro atoms. The Kier molecular flexibility index (Phi) is 4.09. The van der Waals surface area contributed by atoms with E-state index in [9.17, 15) is 0 Å². The summed E-state index contributed by atoms with van der Waals surface area (Å²) in [4.78, 5) is 3.71. The molecule has 0 amide bonds. The monoisotopic (exact) mass is 388 g/mol. The number of H-pyrrole nitrogens is 1. The number of para-hydroxylation sites is 2. The quantitative estimate of drug-likeness (QED) is 0.346. The second-order valence-corrected chi connectivity index (χ2v) is 8.30. The smallest absolute Gasteiger partial charge is 0.0459 e. The minimum Gasteiger partial charge on any atom is -0.381 e. The lowest BCUT2D eigenvalue weighted by Gasteiger charge is -2.34. The van der Waals surface area contributed by atoms with Crippen molar-refractivity contribution < 1.29 is 0 Å². The van der Waals surface area contributed by atoms with Crippen LogP contribution in [-0.4, -0.2) is 11.0 Å². The summed E-state index contributed by atoms with van der Waals surface area (Å²) in [5.74, 6) is 0.301. The first kappa shape index (κ1) is 17.3. The third kappa shape index (κ3) is 2.88. The van der Waals surface area contributed by atoms with Gasteiger partial charge in [0.1, 0.15) is 0 Å². The Labute approximate surface area is 176 Å². The number of hydrogen-bond acceptors (Lipinski definition) is 1. The number of rotatable bonds is 3. The van der Waals surface area contributed by atoms with Gasteiger partial charge in [0.2, 0.25) is 0 Å². The van der Waals surface area contributed by atoms with Crippen molar-refractivity contribution in [3.63, 3.8) is 0 Å². The van der Waals surface area contributed by atoms with Gasteiger partial charge in [-0.3, -0.25) is 0 Å². The van der Waals surface area contributed by atoms with E-state index in [0.29, 0.717) is 12.0 Å². The Morgan fingerprint density at radius 3 is 2.40 bits per heavy atom. The van der Waals surface area contributed by atoms with Gasteiger partial charge in [-0.05, 0) is 52.9 Å². The van der Waals surface area contributed by atoms with Crippen molar-refractivity contribution in [2.45, 2.75) is 24.8 Å². The van der Waals surface area contributed by atoms with Crippen LogP contribution in [0.5, 0.6) is 0 Å². The summed E-state index contributed by atoms with van der Waals surface area (Å²) in [6.07, 6.45) is 2.17. The SMILES string of the molecule is c1ccc(NC2CCc3[nH]c4ccccc4c3C2c2ccc3ccccc3c2)cc1. The van der Waals surface area contributed by atoms with Crippen LogP contribution < -0.4 is 5.32 Å². The molecular weight excluding hydrogens is 364 g/mol. The van der Waals surface area contributed by atoms with E-state index in [1.807, 2.05) is 0 Å². The maximum absolute atomic E-state index is 3.86. The van der Waals surface area contributed by atoms with Crippen LogP contribution in [0.15, 0.2) is 97.1 Å². The summed E-state index contributed by atoms with van der Waals surface area (Å²) in [5.41, 5.74) is 6.67. The Morgan fingerprint density at radius 1 is 0.733 bits per heavy atom. The van der Waals surface area contributed by atoms with Crippen LogP contribution in [0.25, 0.3) is 21.7 Å². The first-order valence-electron chi connectivity index (χ1n) is 10.8. The molecule has 0 fully saturated rings. The predicted octanol–water partition coefficient (Wildman–Crippen LogP) is 6.88. The molecule has 2 atom stereocenters. The number of aryl methyl sites for hydroxylation is 1. The highest BCUT2D eigenvalue weighted by Gasteiger charge is 2.33. The largest absolute Gasteiger partial charge is 0.381 e. The van der Waals surface area contributed by atoms with Crippen molar-refractivity contribution in [3.05, 3.63) is 114 Å². The molecule has 0 radical (unpaired) electrons. The maximum atomic E-state index is 3.86. The van der Waals surface area contributed by atoms with E-state index in [4.69, 9.17) is 0 Å². The van der Waals surface area contributed by atoms with Crippen molar-refractivity contribution in [1.82, 2.24) is 4.98 Å². The van der Waals surface area contributed by atoms with Gasteiger partial charge in [-0.1, -0.05) is 78.9 Å². The Hall–Kier alpha value is -3.52. The molecule has 1 aromatic heterocycles. The van der Waals surface area contributed by atoms with Crippen LogP contribution in [0.1, 0.15) is 29.2 Å². The van der Waals surface area contributed by atoms with Crippen molar-refractivity contribution in [2.24, 2.45) is 0 Å². The van der Waals surface area contributed by atoms with Gasteiger partial charge in [0.25, 0.3) is 0 Å². The second-order valence-electron chi connectivity index (χ2n) is 8.30. The lowest BCUT2D eigenvalue weighted by atomic mass is 9.76. The van der Waals surface area contributed by atoms with Crippen LogP contribution in [0.4, 0.5) is 5.69 Å². The Bertz CT molecular complexity index is 1330. The van der Waals surface area contributed by atoms with E-state index in [-0.39, 0.29) is 0 Å². The Balaban J connectivity index is 1.53. The first-order valence-corrected chi connectivity index (χ1v) is 10.8. The van der Waals surface area contributed by atoms with E-state index >= 15 is 0 Å². The molecule has 2 unspecified atom stereocenters. The summed E-state index contributed by atoms with van der Waals surface area (Å²) in [5, 5.41) is 7.81. The molecular formula is C28H24N2. The number of fused-ring (bicyclic) bond motifs is 4. The van der Waals surface area contributed by atoms with E-state index < -0.39 is 0 Å². The molecule has 4 aromatic carbocycles. The zero-order valence-corrected chi connectivity index (χ0v) is 16.8. The van der Waals surface area contributed by atoms with Crippen molar-refractivity contribution in [3.8, 4) is 0 Å². The van der Waals surface area contributed by atoms with Crippen LogP contribution in [0, 0.1) is 0 Å². The predicted molar refractivity (Wildman–Crippen MR) is 126 cm³/mol. The molecule has 2 nitrogen and oxygen atoms in total. The van der Waals surface area contributed by atoms with Crippen LogP contribution in [0.2, 0.25) is 0 Å². The lowest BCUT2D eigenvalue weighted by Crippen LogP contribution is -2.33. The maximum Gasteiger partial charge on any atom is 0.0459 e. The molecule has 0 saturated heterocycles. The average Bonchev–Trinajstić information content (AvgIpc) is 3.18. The molecule has 6 rings (SSSR count). The molecule has 1 heterocycles. The summed E-state index contributed by atoms with van der Waals surface area (Å²) in [6, 6.07) is 35.3. The number of benzene rings is 4.